The van der Waals surface area contributed by atoms with Crippen LogP contribution in [0.5, 0.6) is 0 Å². The number of allylic oxidation sites excluding steroid dienone is 2. The third-order valence-corrected chi connectivity index (χ3v) is 6.53. The van der Waals surface area contributed by atoms with E-state index in [0.29, 0.717) is 0 Å². The molecule has 0 fully saturated rings. The quantitative estimate of drug-likeness (QED) is 0.117. The largest absolute Gasteiger partial charge is 0.512 e. The summed E-state index contributed by atoms with van der Waals surface area (Å²) in [5.74, 6) is -0.0625. The number of benzene rings is 3. The van der Waals surface area contributed by atoms with Gasteiger partial charge < -0.3 is 14.5 Å². The monoisotopic (exact) mass is 641 g/mol. The molecule has 5 heteroatoms. The maximum Gasteiger partial charge on any atom is 0.155 e. The van der Waals surface area contributed by atoms with E-state index >= 15 is 0 Å². The molecule has 0 saturated heterocycles. The van der Waals surface area contributed by atoms with Gasteiger partial charge in [0.1, 0.15) is 11.2 Å². The molecule has 1 radical (unpaired) electrons. The molecule has 2 aromatic heterocycles. The first-order valence-corrected chi connectivity index (χ1v) is 11.3. The summed E-state index contributed by atoms with van der Waals surface area (Å²) in [6.45, 7) is 9.57. The van der Waals surface area contributed by atoms with Crippen molar-refractivity contribution in [2.75, 3.05) is 0 Å². The van der Waals surface area contributed by atoms with Gasteiger partial charge in [0.05, 0.1) is 5.76 Å². The van der Waals surface area contributed by atoms with Crippen LogP contribution in [0.3, 0.4) is 0 Å². The molecule has 2 heterocycles. The number of carbonyl (C=O) groups is 1. The molecule has 0 bridgehead atoms. The second-order valence-electron chi connectivity index (χ2n) is 9.42. The van der Waals surface area contributed by atoms with Crippen LogP contribution >= 0.6 is 0 Å². The van der Waals surface area contributed by atoms with Crippen molar-refractivity contribution in [2.45, 2.75) is 40.0 Å². The van der Waals surface area contributed by atoms with Crippen LogP contribution in [0.1, 0.15) is 44.4 Å². The summed E-state index contributed by atoms with van der Waals surface area (Å²) in [5.41, 5.74) is 7.48. The second-order valence-corrected chi connectivity index (χ2v) is 9.42. The van der Waals surface area contributed by atoms with Crippen LogP contribution in [0.25, 0.3) is 44.0 Å². The van der Waals surface area contributed by atoms with Crippen molar-refractivity contribution in [1.82, 2.24) is 4.98 Å². The minimum absolute atomic E-state index is 0. The normalized spacial score (nSPS) is 13.7. The average Bonchev–Trinajstić information content (AvgIpc) is 3.15. The average molecular weight is 641 g/mol. The van der Waals surface area contributed by atoms with Gasteiger partial charge in [0.2, 0.25) is 0 Å². The van der Waals surface area contributed by atoms with E-state index in [1.165, 1.54) is 47.2 Å². The molecule has 1 aliphatic rings. The number of aryl methyl sites for hydroxylation is 1. The minimum atomic E-state index is -0.198. The Morgan fingerprint density at radius 2 is 1.83 bits per heavy atom. The zero-order chi connectivity index (χ0) is 24.2. The van der Waals surface area contributed by atoms with E-state index in [1.54, 1.807) is 0 Å². The number of pyridine rings is 1. The van der Waals surface area contributed by atoms with Gasteiger partial charge in [-0.25, -0.2) is 0 Å². The van der Waals surface area contributed by atoms with Crippen molar-refractivity contribution in [3.05, 3.63) is 89.3 Å². The molecule has 5 aromatic rings. The number of carbonyl (C=O) groups excluding carboxylic acids is 1. The molecule has 0 spiro atoms. The Morgan fingerprint density at radius 3 is 2.51 bits per heavy atom. The summed E-state index contributed by atoms with van der Waals surface area (Å²) in [6.07, 6.45) is 3.01. The summed E-state index contributed by atoms with van der Waals surface area (Å²) < 4.78 is 6.28. The molecule has 3 aromatic carbocycles. The fourth-order valence-corrected chi connectivity index (χ4v) is 5.13. The number of rotatable bonds is 1. The van der Waals surface area contributed by atoms with Gasteiger partial charge in [-0.05, 0) is 49.1 Å². The number of ketones is 1. The Labute approximate surface area is 218 Å². The van der Waals surface area contributed by atoms with Gasteiger partial charge in [-0.15, -0.1) is 23.3 Å². The van der Waals surface area contributed by atoms with Crippen LogP contribution in [0.2, 0.25) is 0 Å². The summed E-state index contributed by atoms with van der Waals surface area (Å²) in [6, 6.07) is 20.6. The molecule has 1 N–H and O–H groups in total. The van der Waals surface area contributed by atoms with Crippen molar-refractivity contribution >= 4 is 38.5 Å². The fraction of sp³-hybridized carbons (Fsp3) is 0.200. The minimum Gasteiger partial charge on any atom is -0.512 e. The maximum atomic E-state index is 10.0. The number of furan rings is 1. The van der Waals surface area contributed by atoms with E-state index in [4.69, 9.17) is 14.5 Å². The van der Waals surface area contributed by atoms with Gasteiger partial charge in [0.15, 0.2) is 5.78 Å². The van der Waals surface area contributed by atoms with Crippen LogP contribution in [0, 0.1) is 13.0 Å². The van der Waals surface area contributed by atoms with E-state index in [-0.39, 0.29) is 37.1 Å². The molecule has 35 heavy (non-hydrogen) atoms. The van der Waals surface area contributed by atoms with Crippen molar-refractivity contribution in [1.29, 1.82) is 0 Å². The fourth-order valence-electron chi connectivity index (χ4n) is 5.13. The third-order valence-electron chi connectivity index (χ3n) is 6.53. The topological polar surface area (TPSA) is 63.3 Å². The zero-order valence-electron chi connectivity index (χ0n) is 20.3. The Kier molecular flexibility index (Phi) is 6.44. The van der Waals surface area contributed by atoms with Crippen LogP contribution in [0.15, 0.2) is 71.0 Å². The Hall–Kier alpha value is -3.27. The van der Waals surface area contributed by atoms with E-state index in [1.807, 2.05) is 12.3 Å². The first-order valence-electron chi connectivity index (χ1n) is 11.3. The van der Waals surface area contributed by atoms with Crippen LogP contribution in [-0.4, -0.2) is 15.9 Å². The second kappa shape index (κ2) is 9.07. The predicted octanol–water partition coefficient (Wildman–Crippen LogP) is 7.58. The molecular weight excluding hydrogens is 615 g/mol. The molecule has 0 aliphatic heterocycles. The van der Waals surface area contributed by atoms with Gasteiger partial charge in [-0.2, -0.15) is 0 Å². The van der Waals surface area contributed by atoms with Crippen molar-refractivity contribution in [3.8, 4) is 11.3 Å². The molecular formula is C30H26IrNO3-. The number of hydrogen-bond acceptors (Lipinski definition) is 4. The SMILES string of the molecule is CC(=O)/C=C(/C)O.Cc1ccc2c3c1oc1ccnc(c13)-c1[c-]cc3ccccc3c1C2(C)C.[Ir]. The van der Waals surface area contributed by atoms with Crippen LogP contribution in [-0.2, 0) is 30.3 Å². The van der Waals surface area contributed by atoms with E-state index < -0.39 is 0 Å². The number of hydrogen-bond donors (Lipinski definition) is 1. The molecule has 0 amide bonds. The Morgan fingerprint density at radius 1 is 1.09 bits per heavy atom. The molecule has 1 aliphatic carbocycles. The summed E-state index contributed by atoms with van der Waals surface area (Å²) >= 11 is 0. The van der Waals surface area contributed by atoms with Gasteiger partial charge in [-0.3, -0.25) is 4.79 Å². The standard InChI is InChI=1S/C25H18NO.C5H8O2.Ir/c1-14-8-11-18-20-21-19(27-24(14)20)12-13-26-23(21)17-10-9-15-6-4-5-7-16(15)22(17)25(18,2)3;1-4(6)3-5(2)7;/h4-9,11-13H,1-3H3;3,6H,1-2H3;/q-1;;/b;4-3-;. The maximum absolute atomic E-state index is 10.0. The molecule has 6 rings (SSSR count). The molecule has 0 unspecified atom stereocenters. The molecule has 4 nitrogen and oxygen atoms in total. The van der Waals surface area contributed by atoms with E-state index in [0.717, 1.165) is 33.4 Å². The Balaban J connectivity index is 0.000000320. The smallest absolute Gasteiger partial charge is 0.155 e. The van der Waals surface area contributed by atoms with Crippen LogP contribution in [0.4, 0.5) is 0 Å². The van der Waals surface area contributed by atoms with E-state index in [2.05, 4.69) is 69.3 Å². The predicted molar refractivity (Wildman–Crippen MR) is 137 cm³/mol. The first kappa shape index (κ1) is 24.8. The van der Waals surface area contributed by atoms with Gasteiger partial charge in [0, 0.05) is 43.2 Å². The number of aliphatic hydroxyl groups excluding tert-OH is 1. The number of aliphatic hydroxyl groups is 1. The van der Waals surface area contributed by atoms with Crippen molar-refractivity contribution in [2.24, 2.45) is 0 Å². The summed E-state index contributed by atoms with van der Waals surface area (Å²) in [5, 5.41) is 13.2. The third kappa shape index (κ3) is 3.99. The summed E-state index contributed by atoms with van der Waals surface area (Å²) in [7, 11) is 0. The first-order chi connectivity index (χ1) is 16.2. The van der Waals surface area contributed by atoms with Crippen LogP contribution < -0.4 is 0 Å². The van der Waals surface area contributed by atoms with E-state index in [9.17, 15) is 4.79 Å². The molecule has 179 valence electrons. The summed E-state index contributed by atoms with van der Waals surface area (Å²) in [4.78, 5) is 14.8. The number of aromatic nitrogens is 1. The van der Waals surface area contributed by atoms with Gasteiger partial charge in [-0.1, -0.05) is 61.0 Å². The van der Waals surface area contributed by atoms with Gasteiger partial charge >= 0.3 is 0 Å². The number of nitrogens with zero attached hydrogens (tertiary/aromatic N) is 1. The molecule has 0 saturated carbocycles. The van der Waals surface area contributed by atoms with Gasteiger partial charge in [0.25, 0.3) is 0 Å². The zero-order valence-corrected chi connectivity index (χ0v) is 22.7. The van der Waals surface area contributed by atoms with Crippen molar-refractivity contribution in [3.63, 3.8) is 0 Å². The Bertz CT molecular complexity index is 1640. The molecule has 0 atom stereocenters. The number of fused-ring (bicyclic) bond motifs is 4. The van der Waals surface area contributed by atoms with Crippen molar-refractivity contribution < 1.29 is 34.4 Å².